The minimum atomic E-state index is 0.319. The number of carbonyl (C=O) groups is 1. The predicted octanol–water partition coefficient (Wildman–Crippen LogP) is 2.54. The van der Waals surface area contributed by atoms with Crippen LogP contribution in [-0.2, 0) is 4.79 Å². The van der Waals surface area contributed by atoms with Gasteiger partial charge in [0.25, 0.3) is 0 Å². The number of nitrogens with two attached hydrogens (primary N) is 1. The second-order valence-electron chi connectivity index (χ2n) is 6.22. The Labute approximate surface area is 111 Å². The van der Waals surface area contributed by atoms with E-state index in [1.54, 1.807) is 0 Å². The highest BCUT2D eigenvalue weighted by molar-refractivity contribution is 5.79. The summed E-state index contributed by atoms with van der Waals surface area (Å²) < 4.78 is 0. The van der Waals surface area contributed by atoms with Crippen molar-refractivity contribution in [2.24, 2.45) is 17.6 Å². The van der Waals surface area contributed by atoms with Gasteiger partial charge >= 0.3 is 0 Å². The van der Waals surface area contributed by atoms with Gasteiger partial charge in [0, 0.05) is 18.5 Å². The summed E-state index contributed by atoms with van der Waals surface area (Å²) in [6, 6.07) is 0.486. The van der Waals surface area contributed by atoms with Crippen LogP contribution in [0.15, 0.2) is 0 Å². The lowest BCUT2D eigenvalue weighted by atomic mass is 9.82. The Morgan fingerprint density at radius 3 is 2.61 bits per heavy atom. The first-order valence-electron chi connectivity index (χ1n) is 7.73. The van der Waals surface area contributed by atoms with Crippen LogP contribution in [0.25, 0.3) is 0 Å². The van der Waals surface area contributed by atoms with E-state index >= 15 is 0 Å². The van der Waals surface area contributed by atoms with Crippen LogP contribution in [0, 0.1) is 11.8 Å². The fourth-order valence-corrected chi connectivity index (χ4v) is 3.52. The van der Waals surface area contributed by atoms with Gasteiger partial charge in [-0.05, 0) is 63.8 Å². The van der Waals surface area contributed by atoms with Crippen molar-refractivity contribution >= 4 is 5.91 Å². The molecule has 3 nitrogen and oxygen atoms in total. The average molecular weight is 252 g/mol. The van der Waals surface area contributed by atoms with Crippen molar-refractivity contribution in [3.05, 3.63) is 0 Å². The SMILES string of the molecule is CC1CCC(C(=O)N2CCCC2CCCN)CC1. The summed E-state index contributed by atoms with van der Waals surface area (Å²) in [4.78, 5) is 14.8. The van der Waals surface area contributed by atoms with Crippen LogP contribution in [-0.4, -0.2) is 29.9 Å². The number of rotatable bonds is 4. The van der Waals surface area contributed by atoms with E-state index in [4.69, 9.17) is 5.73 Å². The third-order valence-electron chi connectivity index (χ3n) is 4.77. The molecule has 104 valence electrons. The van der Waals surface area contributed by atoms with Crippen LogP contribution in [0.3, 0.4) is 0 Å². The number of amides is 1. The number of likely N-dealkylation sites (tertiary alicyclic amines) is 1. The fraction of sp³-hybridized carbons (Fsp3) is 0.933. The van der Waals surface area contributed by atoms with Crippen molar-refractivity contribution in [3.63, 3.8) is 0 Å². The molecule has 0 aromatic carbocycles. The quantitative estimate of drug-likeness (QED) is 0.835. The van der Waals surface area contributed by atoms with E-state index in [1.165, 1.54) is 25.7 Å². The van der Waals surface area contributed by atoms with E-state index in [0.29, 0.717) is 17.9 Å². The molecule has 0 radical (unpaired) electrons. The molecule has 1 atom stereocenters. The van der Waals surface area contributed by atoms with E-state index in [2.05, 4.69) is 11.8 Å². The normalized spacial score (nSPS) is 32.8. The molecule has 0 spiro atoms. The van der Waals surface area contributed by atoms with Crippen LogP contribution in [0.4, 0.5) is 0 Å². The molecule has 1 aliphatic carbocycles. The lowest BCUT2D eigenvalue weighted by molar-refractivity contribution is -0.137. The zero-order valence-electron chi connectivity index (χ0n) is 11.7. The summed E-state index contributed by atoms with van der Waals surface area (Å²) in [7, 11) is 0. The first-order valence-corrected chi connectivity index (χ1v) is 7.73. The molecule has 3 heteroatoms. The van der Waals surface area contributed by atoms with Crippen molar-refractivity contribution in [2.75, 3.05) is 13.1 Å². The standard InChI is InChI=1S/C15H28N2O/c1-12-6-8-13(9-7-12)15(18)17-11-3-5-14(17)4-2-10-16/h12-14H,2-11,16H2,1H3. The molecule has 2 fully saturated rings. The molecule has 0 aromatic heterocycles. The first-order chi connectivity index (χ1) is 8.72. The van der Waals surface area contributed by atoms with Gasteiger partial charge in [0.2, 0.25) is 5.91 Å². The second-order valence-corrected chi connectivity index (χ2v) is 6.22. The first kappa shape index (κ1) is 13.9. The molecule has 1 saturated heterocycles. The van der Waals surface area contributed by atoms with Crippen LogP contribution < -0.4 is 5.73 Å². The van der Waals surface area contributed by atoms with Crippen molar-refractivity contribution in [2.45, 2.75) is 64.3 Å². The smallest absolute Gasteiger partial charge is 0.225 e. The maximum atomic E-state index is 12.6. The summed E-state index contributed by atoms with van der Waals surface area (Å²) >= 11 is 0. The molecule has 2 N–H and O–H groups in total. The summed E-state index contributed by atoms with van der Waals surface area (Å²) in [6.45, 7) is 4.04. The zero-order valence-corrected chi connectivity index (χ0v) is 11.7. The second kappa shape index (κ2) is 6.55. The van der Waals surface area contributed by atoms with Gasteiger partial charge in [0.1, 0.15) is 0 Å². The average Bonchev–Trinajstić information content (AvgIpc) is 2.84. The number of carbonyl (C=O) groups excluding carboxylic acids is 1. The molecule has 1 saturated carbocycles. The Bertz CT molecular complexity index is 272. The number of hydrogen-bond donors (Lipinski definition) is 1. The molecular weight excluding hydrogens is 224 g/mol. The molecule has 1 amide bonds. The van der Waals surface area contributed by atoms with E-state index in [-0.39, 0.29) is 0 Å². The summed E-state index contributed by atoms with van der Waals surface area (Å²) in [5.74, 6) is 1.58. The van der Waals surface area contributed by atoms with E-state index < -0.39 is 0 Å². The van der Waals surface area contributed by atoms with Crippen LogP contribution >= 0.6 is 0 Å². The Hall–Kier alpha value is -0.570. The van der Waals surface area contributed by atoms with Gasteiger partial charge in [0.05, 0.1) is 0 Å². The maximum absolute atomic E-state index is 12.6. The van der Waals surface area contributed by atoms with Crippen molar-refractivity contribution in [1.82, 2.24) is 4.90 Å². The fourth-order valence-electron chi connectivity index (χ4n) is 3.52. The molecule has 0 bridgehead atoms. The van der Waals surface area contributed by atoms with Gasteiger partial charge in [-0.1, -0.05) is 6.92 Å². The highest BCUT2D eigenvalue weighted by Crippen LogP contribution is 2.32. The molecule has 2 rings (SSSR count). The Balaban J connectivity index is 1.87. The molecule has 1 aliphatic heterocycles. The topological polar surface area (TPSA) is 46.3 Å². The Morgan fingerprint density at radius 1 is 1.22 bits per heavy atom. The molecule has 1 heterocycles. The lowest BCUT2D eigenvalue weighted by Crippen LogP contribution is -2.40. The number of hydrogen-bond acceptors (Lipinski definition) is 2. The molecule has 0 aromatic rings. The van der Waals surface area contributed by atoms with E-state index in [0.717, 1.165) is 44.7 Å². The monoisotopic (exact) mass is 252 g/mol. The van der Waals surface area contributed by atoms with Crippen molar-refractivity contribution < 1.29 is 4.79 Å². The maximum Gasteiger partial charge on any atom is 0.225 e. The number of nitrogens with zero attached hydrogens (tertiary/aromatic N) is 1. The Kier molecular flexibility index (Phi) is 5.04. The predicted molar refractivity (Wildman–Crippen MR) is 74.1 cm³/mol. The van der Waals surface area contributed by atoms with E-state index in [9.17, 15) is 4.79 Å². The molecule has 2 aliphatic rings. The zero-order chi connectivity index (χ0) is 13.0. The van der Waals surface area contributed by atoms with Gasteiger partial charge < -0.3 is 10.6 Å². The third kappa shape index (κ3) is 3.25. The van der Waals surface area contributed by atoms with Gasteiger partial charge in [-0.15, -0.1) is 0 Å². The van der Waals surface area contributed by atoms with Crippen LogP contribution in [0.5, 0.6) is 0 Å². The molecule has 1 unspecified atom stereocenters. The van der Waals surface area contributed by atoms with Crippen LogP contribution in [0.1, 0.15) is 58.3 Å². The van der Waals surface area contributed by atoms with Crippen molar-refractivity contribution in [1.29, 1.82) is 0 Å². The van der Waals surface area contributed by atoms with Gasteiger partial charge in [-0.25, -0.2) is 0 Å². The van der Waals surface area contributed by atoms with Crippen molar-refractivity contribution in [3.8, 4) is 0 Å². The summed E-state index contributed by atoms with van der Waals surface area (Å²) in [6.07, 6.45) is 9.22. The highest BCUT2D eigenvalue weighted by atomic mass is 16.2. The largest absolute Gasteiger partial charge is 0.339 e. The molecule has 18 heavy (non-hydrogen) atoms. The minimum absolute atomic E-state index is 0.319. The van der Waals surface area contributed by atoms with E-state index in [1.807, 2.05) is 0 Å². The summed E-state index contributed by atoms with van der Waals surface area (Å²) in [5, 5.41) is 0. The van der Waals surface area contributed by atoms with Crippen LogP contribution in [0.2, 0.25) is 0 Å². The van der Waals surface area contributed by atoms with Gasteiger partial charge in [-0.2, -0.15) is 0 Å². The lowest BCUT2D eigenvalue weighted by Gasteiger charge is -2.32. The Morgan fingerprint density at radius 2 is 1.94 bits per heavy atom. The van der Waals surface area contributed by atoms with Gasteiger partial charge in [0.15, 0.2) is 0 Å². The third-order valence-corrected chi connectivity index (χ3v) is 4.77. The summed E-state index contributed by atoms with van der Waals surface area (Å²) in [5.41, 5.74) is 5.58. The van der Waals surface area contributed by atoms with Gasteiger partial charge in [-0.3, -0.25) is 4.79 Å². The highest BCUT2D eigenvalue weighted by Gasteiger charge is 2.33. The molecular formula is C15H28N2O. The minimum Gasteiger partial charge on any atom is -0.339 e.